The number of amides is 1. The van der Waals surface area contributed by atoms with Crippen LogP contribution in [0.3, 0.4) is 0 Å². The van der Waals surface area contributed by atoms with Crippen LogP contribution in [0.15, 0.2) is 70.1 Å². The van der Waals surface area contributed by atoms with Gasteiger partial charge in [-0.1, -0.05) is 59.6 Å². The van der Waals surface area contributed by atoms with Gasteiger partial charge in [0.15, 0.2) is 0 Å². The molecule has 36 heavy (non-hydrogen) atoms. The molecule has 9 nitrogen and oxygen atoms in total. The molecule has 0 atom stereocenters. The van der Waals surface area contributed by atoms with Crippen molar-refractivity contribution in [3.63, 3.8) is 0 Å². The molecular weight excluding hydrogens is 549 g/mol. The lowest BCUT2D eigenvalue weighted by atomic mass is 10.0. The zero-order valence-electron chi connectivity index (χ0n) is 18.6. The number of carbonyl (C=O) groups excluding carboxylic acids is 1. The number of halogens is 3. The smallest absolute Gasteiger partial charge is 0.283 e. The van der Waals surface area contributed by atoms with E-state index in [4.69, 9.17) is 39.3 Å². The minimum absolute atomic E-state index is 0.00688. The molecule has 1 N–H and O–H groups in total. The van der Waals surface area contributed by atoms with Crippen LogP contribution in [0.2, 0.25) is 15.2 Å². The normalized spacial score (nSPS) is 14.8. The number of aromatic nitrogens is 2. The third-order valence-corrected chi connectivity index (χ3v) is 8.77. The number of hydrogen-bond donors (Lipinski definition) is 1. The number of nitrogens with zero attached hydrogens (tertiary/aromatic N) is 4. The molecule has 4 aromatic rings. The summed E-state index contributed by atoms with van der Waals surface area (Å²) in [7, 11) is -3.81. The first-order valence-electron chi connectivity index (χ1n) is 10.8. The molecule has 1 aliphatic heterocycles. The first-order valence-corrected chi connectivity index (χ1v) is 13.4. The van der Waals surface area contributed by atoms with E-state index in [0.29, 0.717) is 10.6 Å². The highest BCUT2D eigenvalue weighted by atomic mass is 35.5. The van der Waals surface area contributed by atoms with Gasteiger partial charge in [0.2, 0.25) is 15.3 Å². The first kappa shape index (κ1) is 24.8. The standard InChI is InChI=1S/C23H18Cl3N5O4S/c24-16-8-9-20(19(25)14-16)36(33,34)30-12-10-29(11-13-30)31-21(26)23(35-28-31)27-22(32)18-7-3-5-15-4-1-2-6-17(15)18/h1-9,14H,10-13H2/p+1. The summed E-state index contributed by atoms with van der Waals surface area (Å²) in [4.78, 5) is 14.2. The molecule has 0 spiro atoms. The molecule has 1 amide bonds. The van der Waals surface area contributed by atoms with Gasteiger partial charge in [-0.3, -0.25) is 14.6 Å². The van der Waals surface area contributed by atoms with Crippen LogP contribution in [0, 0.1) is 0 Å². The van der Waals surface area contributed by atoms with Crippen molar-refractivity contribution in [2.24, 2.45) is 0 Å². The number of fused-ring (bicyclic) bond motifs is 1. The highest BCUT2D eigenvalue weighted by Gasteiger charge is 2.36. The molecule has 0 unspecified atom stereocenters. The fourth-order valence-electron chi connectivity index (χ4n) is 4.02. The SMILES string of the molecule is O=C(Nc1on[n+](N2CCN(S(=O)(=O)c3ccc(Cl)cc3Cl)CC2)c1Cl)c1cccc2ccccc12. The Morgan fingerprint density at radius 3 is 2.44 bits per heavy atom. The van der Waals surface area contributed by atoms with Gasteiger partial charge in [0.05, 0.1) is 22.9 Å². The molecule has 13 heteroatoms. The van der Waals surface area contributed by atoms with Gasteiger partial charge < -0.3 is 0 Å². The number of rotatable bonds is 5. The van der Waals surface area contributed by atoms with Gasteiger partial charge in [0.1, 0.15) is 4.90 Å². The van der Waals surface area contributed by atoms with E-state index >= 15 is 0 Å². The van der Waals surface area contributed by atoms with Gasteiger partial charge in [0.25, 0.3) is 5.91 Å². The number of piperazine rings is 1. The maximum absolute atomic E-state index is 13.0. The van der Waals surface area contributed by atoms with E-state index in [1.807, 2.05) is 30.3 Å². The summed E-state index contributed by atoms with van der Waals surface area (Å²) in [5.74, 6) is -0.412. The molecule has 0 saturated carbocycles. The number of nitrogens with one attached hydrogen (secondary N) is 1. The largest absolute Gasteiger partial charge is 0.400 e. The number of anilines is 1. The van der Waals surface area contributed by atoms with Crippen molar-refractivity contribution < 1.29 is 22.5 Å². The van der Waals surface area contributed by atoms with Crippen LogP contribution in [0.1, 0.15) is 10.4 Å². The molecule has 1 aromatic heterocycles. The fraction of sp³-hybridized carbons (Fsp3) is 0.174. The van der Waals surface area contributed by atoms with Crippen LogP contribution in [-0.2, 0) is 10.0 Å². The Hall–Kier alpha value is -2.89. The Bertz CT molecular complexity index is 1560. The lowest BCUT2D eigenvalue weighted by Gasteiger charge is -2.29. The number of benzene rings is 3. The predicted molar refractivity (Wildman–Crippen MR) is 137 cm³/mol. The monoisotopic (exact) mass is 566 g/mol. The molecule has 186 valence electrons. The Kier molecular flexibility index (Phi) is 6.80. The molecule has 1 aliphatic rings. The molecule has 0 aliphatic carbocycles. The van der Waals surface area contributed by atoms with Crippen LogP contribution < -0.4 is 15.1 Å². The first-order chi connectivity index (χ1) is 17.3. The van der Waals surface area contributed by atoms with Gasteiger partial charge in [-0.2, -0.15) is 4.31 Å². The molecule has 1 fully saturated rings. The van der Waals surface area contributed by atoms with Gasteiger partial charge in [-0.25, -0.2) is 8.42 Å². The summed E-state index contributed by atoms with van der Waals surface area (Å²) < 4.78 is 32.7. The van der Waals surface area contributed by atoms with E-state index in [2.05, 4.69) is 10.6 Å². The van der Waals surface area contributed by atoms with Crippen molar-refractivity contribution in [2.75, 3.05) is 36.5 Å². The molecule has 1 saturated heterocycles. The number of hydrogen-bond acceptors (Lipinski definition) is 6. The summed E-state index contributed by atoms with van der Waals surface area (Å²) in [6.07, 6.45) is 0. The van der Waals surface area contributed by atoms with E-state index < -0.39 is 15.9 Å². The molecule has 3 aromatic carbocycles. The van der Waals surface area contributed by atoms with Gasteiger partial charge in [-0.05, 0) is 35.0 Å². The molecule has 0 bridgehead atoms. The topological polar surface area (TPSA) is 99.6 Å². The third-order valence-electron chi connectivity index (χ3n) is 5.83. The van der Waals surface area contributed by atoms with Gasteiger partial charge >= 0.3 is 11.0 Å². The second kappa shape index (κ2) is 9.87. The molecule has 5 rings (SSSR count). The lowest BCUT2D eigenvalue weighted by Crippen LogP contribution is -2.66. The quantitative estimate of drug-likeness (QED) is 0.367. The van der Waals surface area contributed by atoms with E-state index in [9.17, 15) is 13.2 Å². The van der Waals surface area contributed by atoms with Crippen molar-refractivity contribution in [1.29, 1.82) is 0 Å². The van der Waals surface area contributed by atoms with Crippen molar-refractivity contribution >= 4 is 67.4 Å². The molecular formula is C23H19Cl3N5O4S+. The summed E-state index contributed by atoms with van der Waals surface area (Å²) in [5.41, 5.74) is 0.465. The van der Waals surface area contributed by atoms with Gasteiger partial charge in [-0.15, -0.1) is 5.01 Å². The van der Waals surface area contributed by atoms with E-state index in [1.165, 1.54) is 27.3 Å². The van der Waals surface area contributed by atoms with Crippen molar-refractivity contribution in [2.45, 2.75) is 4.90 Å². The van der Waals surface area contributed by atoms with Crippen molar-refractivity contribution in [3.8, 4) is 0 Å². The highest BCUT2D eigenvalue weighted by molar-refractivity contribution is 7.89. The Balaban J connectivity index is 1.29. The zero-order valence-corrected chi connectivity index (χ0v) is 21.7. The van der Waals surface area contributed by atoms with Crippen LogP contribution in [0.25, 0.3) is 10.8 Å². The minimum atomic E-state index is -3.81. The van der Waals surface area contributed by atoms with Crippen molar-refractivity contribution in [1.82, 2.24) is 9.58 Å². The molecule has 2 heterocycles. The van der Waals surface area contributed by atoms with Crippen LogP contribution >= 0.6 is 34.8 Å². The van der Waals surface area contributed by atoms with Crippen LogP contribution in [0.4, 0.5) is 5.88 Å². The summed E-state index contributed by atoms with van der Waals surface area (Å²) in [6, 6.07) is 17.2. The Morgan fingerprint density at radius 1 is 0.972 bits per heavy atom. The van der Waals surface area contributed by atoms with E-state index in [0.717, 1.165) is 10.8 Å². The summed E-state index contributed by atoms with van der Waals surface area (Å²) in [6.45, 7) is 0.875. The molecule has 0 radical (unpaired) electrons. The average molecular weight is 568 g/mol. The fourth-order valence-corrected chi connectivity index (χ4v) is 6.41. The Morgan fingerprint density at radius 2 is 1.69 bits per heavy atom. The van der Waals surface area contributed by atoms with E-state index in [1.54, 1.807) is 17.1 Å². The average Bonchev–Trinajstić information content (AvgIpc) is 3.23. The summed E-state index contributed by atoms with van der Waals surface area (Å²) >= 11 is 18.5. The maximum Gasteiger partial charge on any atom is 0.400 e. The predicted octanol–water partition coefficient (Wildman–Crippen LogP) is 3.97. The minimum Gasteiger partial charge on any atom is -0.283 e. The second-order valence-electron chi connectivity index (χ2n) is 8.00. The lowest BCUT2D eigenvalue weighted by molar-refractivity contribution is -0.757. The number of carbonyl (C=O) groups is 1. The highest BCUT2D eigenvalue weighted by Crippen LogP contribution is 2.28. The summed E-state index contributed by atoms with van der Waals surface area (Å²) in [5, 5.41) is 10.5. The number of sulfonamides is 1. The van der Waals surface area contributed by atoms with Gasteiger partial charge in [0, 0.05) is 35.3 Å². The third kappa shape index (κ3) is 4.62. The van der Waals surface area contributed by atoms with Crippen LogP contribution in [0.5, 0.6) is 0 Å². The van der Waals surface area contributed by atoms with Crippen LogP contribution in [-0.4, -0.2) is 50.1 Å². The van der Waals surface area contributed by atoms with Crippen molar-refractivity contribution in [3.05, 3.63) is 81.4 Å². The maximum atomic E-state index is 13.0. The zero-order chi connectivity index (χ0) is 25.4. The Labute approximate surface area is 221 Å². The van der Waals surface area contributed by atoms with E-state index in [-0.39, 0.29) is 47.1 Å². The second-order valence-corrected chi connectivity index (χ2v) is 11.1.